The number of likely N-dealkylation sites (tertiary alicyclic amines) is 1. The van der Waals surface area contributed by atoms with Crippen LogP contribution in [0.15, 0.2) is 53.7 Å². The minimum absolute atomic E-state index is 0.274. The average Bonchev–Trinajstić information content (AvgIpc) is 3.41. The third-order valence-electron chi connectivity index (χ3n) is 6.58. The predicted molar refractivity (Wildman–Crippen MR) is 134 cm³/mol. The highest BCUT2D eigenvalue weighted by Gasteiger charge is 2.31. The maximum Gasteiger partial charge on any atom is 0.132 e. The van der Waals surface area contributed by atoms with E-state index in [9.17, 15) is 4.39 Å². The molecule has 0 saturated carbocycles. The van der Waals surface area contributed by atoms with Crippen molar-refractivity contribution in [3.8, 4) is 0 Å². The molecule has 0 aliphatic carbocycles. The second-order valence-electron chi connectivity index (χ2n) is 9.22. The zero-order valence-electron chi connectivity index (χ0n) is 18.9. The number of allylic oxidation sites excluding steroid dienone is 1. The molecule has 5 nitrogen and oxygen atoms in total. The van der Waals surface area contributed by atoms with Gasteiger partial charge in [0.05, 0.1) is 40.9 Å². The van der Waals surface area contributed by atoms with Gasteiger partial charge in [0, 0.05) is 34.8 Å². The van der Waals surface area contributed by atoms with Gasteiger partial charge in [-0.1, -0.05) is 17.7 Å². The van der Waals surface area contributed by atoms with Gasteiger partial charge in [-0.2, -0.15) is 0 Å². The molecule has 0 spiro atoms. The minimum atomic E-state index is -0.346. The Bertz CT molecular complexity index is 1270. The quantitative estimate of drug-likeness (QED) is 0.517. The van der Waals surface area contributed by atoms with E-state index in [0.717, 1.165) is 47.6 Å². The van der Waals surface area contributed by atoms with E-state index in [0.29, 0.717) is 22.8 Å². The molecule has 0 amide bonds. The van der Waals surface area contributed by atoms with Crippen molar-refractivity contribution in [2.75, 3.05) is 31.5 Å². The predicted octanol–water partition coefficient (Wildman–Crippen LogP) is 5.59. The molecule has 2 aliphatic heterocycles. The zero-order valence-corrected chi connectivity index (χ0v) is 19.7. The number of fused-ring (bicyclic) bond motifs is 1. The minimum Gasteiger partial charge on any atom is -0.382 e. The summed E-state index contributed by atoms with van der Waals surface area (Å²) in [5, 5.41) is 3.97. The van der Waals surface area contributed by atoms with Crippen LogP contribution < -0.4 is 5.32 Å². The lowest BCUT2D eigenvalue weighted by Crippen LogP contribution is -2.40. The first-order valence-electron chi connectivity index (χ1n) is 11.4. The molecular formula is C26H27ClFN5. The Labute approximate surface area is 198 Å². The third kappa shape index (κ3) is 4.50. The van der Waals surface area contributed by atoms with E-state index in [1.807, 2.05) is 30.5 Å². The smallest absolute Gasteiger partial charge is 0.132 e. The Morgan fingerprint density at radius 1 is 1.15 bits per heavy atom. The molecule has 3 aromatic rings. The zero-order chi connectivity index (χ0) is 23.0. The molecule has 0 bridgehead atoms. The molecule has 33 heavy (non-hydrogen) atoms. The summed E-state index contributed by atoms with van der Waals surface area (Å²) in [5.74, 6) is -0.346. The summed E-state index contributed by atoms with van der Waals surface area (Å²) >= 11 is 6.11. The van der Waals surface area contributed by atoms with E-state index in [2.05, 4.69) is 34.0 Å². The highest BCUT2D eigenvalue weighted by Crippen LogP contribution is 2.29. The first-order valence-corrected chi connectivity index (χ1v) is 11.7. The first kappa shape index (κ1) is 22.0. The SMILES string of the molecule is CC1(C)CCCN1CCNc1cnc2ccc(C3=CCN=C3c3cc(Cl)ccc3F)nc2c1. The van der Waals surface area contributed by atoms with Crippen LogP contribution in [0.1, 0.15) is 37.9 Å². The van der Waals surface area contributed by atoms with Gasteiger partial charge in [-0.05, 0) is 69.6 Å². The van der Waals surface area contributed by atoms with Crippen molar-refractivity contribution in [2.45, 2.75) is 32.2 Å². The van der Waals surface area contributed by atoms with Crippen molar-refractivity contribution < 1.29 is 4.39 Å². The third-order valence-corrected chi connectivity index (χ3v) is 6.82. The number of benzene rings is 1. The number of halogens is 2. The van der Waals surface area contributed by atoms with Crippen molar-refractivity contribution in [3.05, 3.63) is 70.8 Å². The molecular weight excluding hydrogens is 437 g/mol. The molecule has 2 aliphatic rings. The number of aromatic nitrogens is 2. The van der Waals surface area contributed by atoms with E-state index in [4.69, 9.17) is 16.6 Å². The van der Waals surface area contributed by atoms with Crippen LogP contribution in [0.3, 0.4) is 0 Å². The fourth-order valence-electron chi connectivity index (χ4n) is 4.71. The Hall–Kier alpha value is -2.83. The fourth-order valence-corrected chi connectivity index (χ4v) is 4.88. The highest BCUT2D eigenvalue weighted by atomic mass is 35.5. The topological polar surface area (TPSA) is 53.4 Å². The largest absolute Gasteiger partial charge is 0.382 e. The lowest BCUT2D eigenvalue weighted by molar-refractivity contribution is 0.182. The molecule has 1 aromatic carbocycles. The van der Waals surface area contributed by atoms with Crippen LogP contribution in [0, 0.1) is 5.82 Å². The summed E-state index contributed by atoms with van der Waals surface area (Å²) in [4.78, 5) is 16.4. The molecule has 1 N–H and O–H groups in total. The van der Waals surface area contributed by atoms with Gasteiger partial charge < -0.3 is 5.32 Å². The molecule has 1 fully saturated rings. The van der Waals surface area contributed by atoms with E-state index >= 15 is 0 Å². The number of hydrogen-bond donors (Lipinski definition) is 1. The maximum atomic E-state index is 14.5. The van der Waals surface area contributed by atoms with Gasteiger partial charge in [0.2, 0.25) is 0 Å². The Balaban J connectivity index is 1.36. The molecule has 1 saturated heterocycles. The van der Waals surface area contributed by atoms with Gasteiger partial charge in [-0.3, -0.25) is 14.9 Å². The number of aliphatic imine (C=N–C) groups is 1. The molecule has 0 unspecified atom stereocenters. The van der Waals surface area contributed by atoms with Crippen LogP contribution in [-0.4, -0.2) is 52.3 Å². The van der Waals surface area contributed by atoms with Crippen molar-refractivity contribution in [1.82, 2.24) is 14.9 Å². The van der Waals surface area contributed by atoms with Crippen molar-refractivity contribution in [3.63, 3.8) is 0 Å². The van der Waals surface area contributed by atoms with Gasteiger partial charge in [0.1, 0.15) is 5.82 Å². The highest BCUT2D eigenvalue weighted by molar-refractivity contribution is 6.35. The number of nitrogens with zero attached hydrogens (tertiary/aromatic N) is 4. The summed E-state index contributed by atoms with van der Waals surface area (Å²) < 4.78 is 14.5. The van der Waals surface area contributed by atoms with Crippen LogP contribution in [0.2, 0.25) is 5.02 Å². The molecule has 2 aromatic heterocycles. The maximum absolute atomic E-state index is 14.5. The summed E-state index contributed by atoms with van der Waals surface area (Å²) in [5.41, 5.74) is 5.36. The van der Waals surface area contributed by atoms with Crippen LogP contribution in [-0.2, 0) is 0 Å². The van der Waals surface area contributed by atoms with Crippen molar-refractivity contribution >= 4 is 39.6 Å². The lowest BCUT2D eigenvalue weighted by Gasteiger charge is -2.31. The standard InChI is InChI=1S/C26H27ClFN5/c1-26(2)9-3-12-33(26)13-11-29-18-15-24-23(31-16-18)7-6-22(32-24)19-8-10-30-25(19)20-14-17(27)4-5-21(20)28/h4-8,14-16,29H,3,9-13H2,1-2H3. The molecule has 7 heteroatoms. The normalized spacial score (nSPS) is 17.9. The van der Waals surface area contributed by atoms with Crippen LogP contribution in [0.5, 0.6) is 0 Å². The molecule has 0 atom stereocenters. The molecule has 170 valence electrons. The van der Waals surface area contributed by atoms with E-state index in [1.165, 1.54) is 18.9 Å². The van der Waals surface area contributed by atoms with Crippen LogP contribution in [0.4, 0.5) is 10.1 Å². The Kier molecular flexibility index (Phi) is 5.89. The molecule has 5 rings (SSSR count). The van der Waals surface area contributed by atoms with Gasteiger partial charge in [-0.25, -0.2) is 9.37 Å². The van der Waals surface area contributed by atoms with Crippen LogP contribution >= 0.6 is 11.6 Å². The lowest BCUT2D eigenvalue weighted by atomic mass is 10.00. The first-order chi connectivity index (χ1) is 15.9. The van der Waals surface area contributed by atoms with E-state index in [-0.39, 0.29) is 11.4 Å². The summed E-state index contributed by atoms with van der Waals surface area (Å²) in [7, 11) is 0. The monoisotopic (exact) mass is 463 g/mol. The summed E-state index contributed by atoms with van der Waals surface area (Å²) in [6, 6.07) is 10.4. The second-order valence-corrected chi connectivity index (χ2v) is 9.66. The molecule has 0 radical (unpaired) electrons. The summed E-state index contributed by atoms with van der Waals surface area (Å²) in [6.45, 7) is 8.12. The van der Waals surface area contributed by atoms with Crippen LogP contribution in [0.25, 0.3) is 16.6 Å². The van der Waals surface area contributed by atoms with Gasteiger partial charge >= 0.3 is 0 Å². The second kappa shape index (κ2) is 8.84. The van der Waals surface area contributed by atoms with Gasteiger partial charge in [0.25, 0.3) is 0 Å². The van der Waals surface area contributed by atoms with Gasteiger partial charge in [0.15, 0.2) is 0 Å². The number of nitrogens with one attached hydrogen (secondary N) is 1. The number of rotatable bonds is 6. The number of hydrogen-bond acceptors (Lipinski definition) is 5. The van der Waals surface area contributed by atoms with Crippen molar-refractivity contribution in [2.24, 2.45) is 4.99 Å². The van der Waals surface area contributed by atoms with E-state index < -0.39 is 0 Å². The summed E-state index contributed by atoms with van der Waals surface area (Å²) in [6.07, 6.45) is 6.33. The Morgan fingerprint density at radius 3 is 2.85 bits per heavy atom. The Morgan fingerprint density at radius 2 is 2.03 bits per heavy atom. The fraction of sp³-hybridized carbons (Fsp3) is 0.346. The molecule has 4 heterocycles. The number of pyridine rings is 2. The number of anilines is 1. The van der Waals surface area contributed by atoms with Crippen molar-refractivity contribution in [1.29, 1.82) is 0 Å². The van der Waals surface area contributed by atoms with E-state index in [1.54, 1.807) is 12.1 Å². The van der Waals surface area contributed by atoms with Gasteiger partial charge in [-0.15, -0.1) is 0 Å². The average molecular weight is 464 g/mol.